The van der Waals surface area contributed by atoms with Gasteiger partial charge in [-0.05, 0) is 109 Å². The van der Waals surface area contributed by atoms with Crippen molar-refractivity contribution in [3.8, 4) is 5.75 Å². The van der Waals surface area contributed by atoms with Crippen molar-refractivity contribution in [3.05, 3.63) is 53.5 Å². The molecular weight excluding hydrogens is 775 g/mol. The largest absolute Gasteiger partial charge is 0.495 e. The number of fused-ring (bicyclic) bond motifs is 1. The van der Waals surface area contributed by atoms with Crippen molar-refractivity contribution in [3.63, 3.8) is 0 Å². The van der Waals surface area contributed by atoms with Gasteiger partial charge in [0, 0.05) is 56.8 Å². The standard InChI is InChI=1S/C43H56F2N10O5/c1-25(2)55-24-43(44,45)41(59)53(5)35-22-47-42(51-38(35)55)49-32-13-7-28(20-36(32)60-6)39(57)48-29-8-10-30(11-9-29)52(4)23-27-15-17-54(18-16-27)34-21-46-33(19-26(34)3)31-12-14-37(56)50-40(31)58/h7,13,19-22,25,27,29-31H,8-12,14-18,23-24H2,1-6H3,(H,48,57)(H,47,49,51)(H,50,56,58). The van der Waals surface area contributed by atoms with Gasteiger partial charge in [0.15, 0.2) is 5.82 Å². The lowest BCUT2D eigenvalue weighted by atomic mass is 9.88. The molecule has 60 heavy (non-hydrogen) atoms. The number of alkyl halides is 2. The van der Waals surface area contributed by atoms with Crippen LogP contribution < -0.4 is 35.4 Å². The fraction of sp³-hybridized carbons (Fsp3) is 0.558. The molecule has 1 atom stereocenters. The first-order valence-electron chi connectivity index (χ1n) is 20.9. The second kappa shape index (κ2) is 17.6. The molecule has 3 aromatic rings. The quantitative estimate of drug-likeness (QED) is 0.218. The van der Waals surface area contributed by atoms with E-state index in [1.54, 1.807) is 32.0 Å². The smallest absolute Gasteiger partial charge is 0.342 e. The predicted octanol–water partition coefficient (Wildman–Crippen LogP) is 5.17. The summed E-state index contributed by atoms with van der Waals surface area (Å²) in [5, 5.41) is 8.74. The lowest BCUT2D eigenvalue weighted by molar-refractivity contribution is -0.140. The Labute approximate surface area is 349 Å². The minimum Gasteiger partial charge on any atom is -0.495 e. The molecule has 1 unspecified atom stereocenters. The number of aryl methyl sites for hydroxylation is 1. The highest BCUT2D eigenvalue weighted by atomic mass is 19.3. The van der Waals surface area contributed by atoms with Crippen molar-refractivity contribution >= 4 is 52.5 Å². The average Bonchev–Trinajstić information content (AvgIpc) is 3.29. The number of ether oxygens (including phenoxy) is 1. The normalized spacial score (nSPS) is 22.4. The Morgan fingerprint density at radius 3 is 2.40 bits per heavy atom. The monoisotopic (exact) mass is 830 g/mol. The Hall–Kier alpha value is -5.45. The van der Waals surface area contributed by atoms with Crippen molar-refractivity contribution in [1.82, 2.24) is 30.5 Å². The van der Waals surface area contributed by atoms with E-state index in [0.29, 0.717) is 41.8 Å². The average molecular weight is 831 g/mol. The molecule has 15 nitrogen and oxygen atoms in total. The molecule has 3 N–H and O–H groups in total. The van der Waals surface area contributed by atoms with Crippen molar-refractivity contribution in [2.24, 2.45) is 5.92 Å². The first-order valence-corrected chi connectivity index (χ1v) is 20.9. The topological polar surface area (TPSA) is 165 Å². The van der Waals surface area contributed by atoms with Crippen LogP contribution in [-0.2, 0) is 14.4 Å². The highest BCUT2D eigenvalue weighted by molar-refractivity contribution is 6.02. The van der Waals surface area contributed by atoms with Gasteiger partial charge < -0.3 is 35.0 Å². The van der Waals surface area contributed by atoms with Crippen LogP contribution in [0.15, 0.2) is 36.7 Å². The number of hydrogen-bond donors (Lipinski definition) is 3. The number of anilines is 5. The number of amides is 4. The summed E-state index contributed by atoms with van der Waals surface area (Å²) in [5.41, 5.74) is 4.02. The maximum absolute atomic E-state index is 14.8. The number of methoxy groups -OCH3 is 1. The van der Waals surface area contributed by atoms with Gasteiger partial charge in [-0.3, -0.25) is 29.5 Å². The molecule has 7 rings (SSSR count). The Balaban J connectivity index is 0.883. The molecule has 4 amide bonds. The van der Waals surface area contributed by atoms with E-state index < -0.39 is 18.4 Å². The van der Waals surface area contributed by atoms with Gasteiger partial charge in [-0.1, -0.05) is 0 Å². The number of carbonyl (C=O) groups excluding carboxylic acids is 4. The van der Waals surface area contributed by atoms with Crippen LogP contribution in [0.25, 0.3) is 0 Å². The van der Waals surface area contributed by atoms with Gasteiger partial charge in [-0.15, -0.1) is 0 Å². The molecule has 3 fully saturated rings. The molecule has 2 aromatic heterocycles. The van der Waals surface area contributed by atoms with Gasteiger partial charge in [-0.25, -0.2) is 4.98 Å². The first kappa shape index (κ1) is 42.7. The van der Waals surface area contributed by atoms with Crippen LogP contribution in [0.3, 0.4) is 0 Å². The SMILES string of the molecule is COc1cc(C(=O)NC2CCC(N(C)CC3CCN(c4cnc(C5CCC(=O)NC5=O)cc4C)CC3)CC2)ccc1Nc1ncc2c(n1)N(C(C)C)CC(F)(F)C(=O)N2C. The molecular formula is C43H56F2N10O5. The Morgan fingerprint density at radius 2 is 1.73 bits per heavy atom. The van der Waals surface area contributed by atoms with Crippen LogP contribution in [0.1, 0.15) is 92.7 Å². The highest BCUT2D eigenvalue weighted by Gasteiger charge is 2.48. The van der Waals surface area contributed by atoms with E-state index in [4.69, 9.17) is 4.74 Å². The molecule has 1 aromatic carbocycles. The summed E-state index contributed by atoms with van der Waals surface area (Å²) in [6.45, 7) is 7.69. The summed E-state index contributed by atoms with van der Waals surface area (Å²) in [7, 11) is 5.00. The molecule has 5 heterocycles. The fourth-order valence-electron chi connectivity index (χ4n) is 8.98. The van der Waals surface area contributed by atoms with Crippen molar-refractivity contribution < 1.29 is 32.7 Å². The van der Waals surface area contributed by atoms with Crippen LogP contribution in [0.4, 0.5) is 37.6 Å². The molecule has 322 valence electrons. The number of rotatable bonds is 11. The zero-order valence-corrected chi connectivity index (χ0v) is 35.3. The number of nitrogens with zero attached hydrogens (tertiary/aromatic N) is 7. The van der Waals surface area contributed by atoms with Crippen LogP contribution in [0.2, 0.25) is 0 Å². The lowest BCUT2D eigenvalue weighted by Crippen LogP contribution is -2.47. The molecule has 0 bridgehead atoms. The number of benzene rings is 1. The number of nitrogens with one attached hydrogen (secondary N) is 3. The van der Waals surface area contributed by atoms with E-state index >= 15 is 0 Å². The Morgan fingerprint density at radius 1 is 1.02 bits per heavy atom. The van der Waals surface area contributed by atoms with Gasteiger partial charge in [-0.2, -0.15) is 13.8 Å². The second-order valence-electron chi connectivity index (χ2n) is 17.0. The lowest BCUT2D eigenvalue weighted by Gasteiger charge is -2.39. The number of aromatic nitrogens is 3. The molecule has 2 saturated heterocycles. The number of carbonyl (C=O) groups is 4. The maximum Gasteiger partial charge on any atom is 0.342 e. The molecule has 0 spiro atoms. The van der Waals surface area contributed by atoms with Gasteiger partial charge in [0.2, 0.25) is 17.8 Å². The third kappa shape index (κ3) is 9.15. The summed E-state index contributed by atoms with van der Waals surface area (Å²) in [6, 6.07) is 7.17. The summed E-state index contributed by atoms with van der Waals surface area (Å²) in [6.07, 6.45) is 9.98. The molecule has 3 aliphatic heterocycles. The van der Waals surface area contributed by atoms with E-state index in [-0.39, 0.29) is 53.2 Å². The van der Waals surface area contributed by atoms with E-state index in [1.807, 2.05) is 12.3 Å². The Kier molecular flexibility index (Phi) is 12.5. The fourth-order valence-corrected chi connectivity index (χ4v) is 8.98. The highest BCUT2D eigenvalue weighted by Crippen LogP contribution is 2.38. The van der Waals surface area contributed by atoms with Gasteiger partial charge in [0.1, 0.15) is 11.4 Å². The molecule has 1 aliphatic carbocycles. The minimum absolute atomic E-state index is 0.0571. The zero-order valence-electron chi connectivity index (χ0n) is 35.3. The maximum atomic E-state index is 14.8. The van der Waals surface area contributed by atoms with E-state index in [9.17, 15) is 28.0 Å². The second-order valence-corrected chi connectivity index (χ2v) is 17.0. The number of halogens is 2. The van der Waals surface area contributed by atoms with Gasteiger partial charge in [0.05, 0.1) is 49.0 Å². The summed E-state index contributed by atoms with van der Waals surface area (Å²) < 4.78 is 35.1. The van der Waals surface area contributed by atoms with Crippen LogP contribution in [0.5, 0.6) is 5.75 Å². The first-order chi connectivity index (χ1) is 28.6. The predicted molar refractivity (Wildman–Crippen MR) is 224 cm³/mol. The Bertz CT molecular complexity index is 2100. The summed E-state index contributed by atoms with van der Waals surface area (Å²) in [5.74, 6) is -4.69. The van der Waals surface area contributed by atoms with Crippen LogP contribution in [-0.4, -0.2) is 115 Å². The number of imide groups is 1. The minimum atomic E-state index is -3.60. The van der Waals surface area contributed by atoms with Gasteiger partial charge in [0.25, 0.3) is 11.8 Å². The van der Waals surface area contributed by atoms with Crippen molar-refractivity contribution in [1.29, 1.82) is 0 Å². The van der Waals surface area contributed by atoms with Crippen molar-refractivity contribution in [2.45, 2.75) is 102 Å². The zero-order chi connectivity index (χ0) is 42.9. The summed E-state index contributed by atoms with van der Waals surface area (Å²) in [4.78, 5) is 70.5. The van der Waals surface area contributed by atoms with Crippen LogP contribution >= 0.6 is 0 Å². The van der Waals surface area contributed by atoms with E-state index in [0.717, 1.165) is 80.0 Å². The van der Waals surface area contributed by atoms with Crippen LogP contribution in [0, 0.1) is 12.8 Å². The van der Waals surface area contributed by atoms with E-state index in [1.165, 1.54) is 25.3 Å². The molecule has 0 radical (unpaired) electrons. The number of hydrogen-bond acceptors (Lipinski definition) is 12. The van der Waals surface area contributed by atoms with Crippen molar-refractivity contribution in [2.75, 3.05) is 67.4 Å². The number of pyridine rings is 1. The molecule has 1 saturated carbocycles. The summed E-state index contributed by atoms with van der Waals surface area (Å²) >= 11 is 0. The van der Waals surface area contributed by atoms with E-state index in [2.05, 4.69) is 54.7 Å². The number of piperidine rings is 2. The third-order valence-electron chi connectivity index (χ3n) is 12.6. The van der Waals surface area contributed by atoms with Gasteiger partial charge >= 0.3 is 5.92 Å². The third-order valence-corrected chi connectivity index (χ3v) is 12.6. The molecule has 17 heteroatoms. The molecule has 4 aliphatic rings.